The van der Waals surface area contributed by atoms with E-state index >= 15 is 0 Å². The fourth-order valence-corrected chi connectivity index (χ4v) is 1.36. The summed E-state index contributed by atoms with van der Waals surface area (Å²) in [6, 6.07) is 0. The van der Waals surface area contributed by atoms with E-state index < -0.39 is 0 Å². The summed E-state index contributed by atoms with van der Waals surface area (Å²) >= 11 is 0. The van der Waals surface area contributed by atoms with Gasteiger partial charge in [0.15, 0.2) is 0 Å². The van der Waals surface area contributed by atoms with Crippen molar-refractivity contribution in [1.29, 1.82) is 0 Å². The van der Waals surface area contributed by atoms with Crippen molar-refractivity contribution in [2.24, 2.45) is 0 Å². The lowest BCUT2D eigenvalue weighted by Crippen LogP contribution is -1.74. The molecule has 0 rings (SSSR count). The van der Waals surface area contributed by atoms with Crippen molar-refractivity contribution in [2.45, 2.75) is 64.7 Å². The second-order valence-electron chi connectivity index (χ2n) is 3.67. The van der Waals surface area contributed by atoms with E-state index in [1.165, 1.54) is 51.4 Å². The zero-order chi connectivity index (χ0) is 9.78. The molecular weight excluding hydrogens is 156 g/mol. The van der Waals surface area contributed by atoms with Crippen molar-refractivity contribution in [1.82, 2.24) is 0 Å². The minimum absolute atomic E-state index is 1.09. The number of unbranched alkanes of at least 4 members (excludes halogenated alkanes) is 7. The molecule has 0 N–H and O–H groups in total. The maximum Gasteiger partial charge on any atom is -0.0351 e. The van der Waals surface area contributed by atoms with Crippen molar-refractivity contribution in [3.63, 3.8) is 0 Å². The topological polar surface area (TPSA) is 0 Å². The van der Waals surface area contributed by atoms with Crippen LogP contribution >= 0.6 is 0 Å². The highest BCUT2D eigenvalue weighted by atomic mass is 13.9. The standard InChI is InChI=1S/C13H25/c1-3-5-7-9-11-13-12-10-8-6-4-2/h11,13H,1,3-10,12H2,2H3. The van der Waals surface area contributed by atoms with Gasteiger partial charge in [0.1, 0.15) is 0 Å². The molecule has 77 valence electrons. The van der Waals surface area contributed by atoms with E-state index in [4.69, 9.17) is 0 Å². The fourth-order valence-electron chi connectivity index (χ4n) is 1.36. The van der Waals surface area contributed by atoms with E-state index in [0.717, 1.165) is 6.42 Å². The quantitative estimate of drug-likeness (QED) is 0.350. The van der Waals surface area contributed by atoms with Crippen LogP contribution in [0, 0.1) is 6.92 Å². The van der Waals surface area contributed by atoms with Gasteiger partial charge >= 0.3 is 0 Å². The Labute approximate surface area is 84.4 Å². The summed E-state index contributed by atoms with van der Waals surface area (Å²) in [5.74, 6) is 0. The maximum absolute atomic E-state index is 3.83. The zero-order valence-corrected chi connectivity index (χ0v) is 9.23. The summed E-state index contributed by atoms with van der Waals surface area (Å²) in [5.41, 5.74) is 0. The van der Waals surface area contributed by atoms with Gasteiger partial charge in [0.25, 0.3) is 0 Å². The van der Waals surface area contributed by atoms with Gasteiger partial charge in [0, 0.05) is 0 Å². The van der Waals surface area contributed by atoms with E-state index in [1.54, 1.807) is 0 Å². The second-order valence-corrected chi connectivity index (χ2v) is 3.67. The molecule has 0 fully saturated rings. The Balaban J connectivity index is 2.95. The van der Waals surface area contributed by atoms with Crippen LogP contribution in [0.5, 0.6) is 0 Å². The summed E-state index contributed by atoms with van der Waals surface area (Å²) in [6.07, 6.45) is 16.4. The van der Waals surface area contributed by atoms with E-state index in [9.17, 15) is 0 Å². The average molecular weight is 181 g/mol. The third-order valence-corrected chi connectivity index (χ3v) is 2.26. The summed E-state index contributed by atoms with van der Waals surface area (Å²) < 4.78 is 0. The first-order valence-electron chi connectivity index (χ1n) is 5.86. The first kappa shape index (κ1) is 12.7. The van der Waals surface area contributed by atoms with E-state index in [1.807, 2.05) is 0 Å². The number of hydrogen-bond acceptors (Lipinski definition) is 0. The monoisotopic (exact) mass is 181 g/mol. The lowest BCUT2D eigenvalue weighted by Gasteiger charge is -1.94. The molecule has 0 saturated heterocycles. The highest BCUT2D eigenvalue weighted by Crippen LogP contribution is 2.04. The van der Waals surface area contributed by atoms with Gasteiger partial charge in [0.2, 0.25) is 0 Å². The first-order valence-corrected chi connectivity index (χ1v) is 5.86. The molecule has 0 heteroatoms. The highest BCUT2D eigenvalue weighted by molar-refractivity contribution is 4.81. The van der Waals surface area contributed by atoms with Crippen LogP contribution in [0.4, 0.5) is 0 Å². The van der Waals surface area contributed by atoms with Crippen LogP contribution in [-0.2, 0) is 0 Å². The van der Waals surface area contributed by atoms with Crippen molar-refractivity contribution >= 4 is 0 Å². The van der Waals surface area contributed by atoms with Crippen LogP contribution in [0.1, 0.15) is 64.7 Å². The van der Waals surface area contributed by atoms with Crippen LogP contribution in [0.25, 0.3) is 0 Å². The number of hydrogen-bond donors (Lipinski definition) is 0. The molecule has 13 heavy (non-hydrogen) atoms. The molecule has 0 heterocycles. The molecule has 0 unspecified atom stereocenters. The Hall–Kier alpha value is -0.260. The Morgan fingerprint density at radius 1 is 0.846 bits per heavy atom. The molecule has 0 aromatic rings. The van der Waals surface area contributed by atoms with Gasteiger partial charge in [-0.15, -0.1) is 0 Å². The maximum atomic E-state index is 3.83. The Morgan fingerprint density at radius 3 is 2.00 bits per heavy atom. The third-order valence-electron chi connectivity index (χ3n) is 2.26. The third kappa shape index (κ3) is 11.7. The minimum Gasteiger partial charge on any atom is -0.0885 e. The second kappa shape index (κ2) is 11.7. The van der Waals surface area contributed by atoms with Gasteiger partial charge in [-0.05, 0) is 25.7 Å². The fraction of sp³-hybridized carbons (Fsp3) is 0.769. The lowest BCUT2D eigenvalue weighted by molar-refractivity contribution is 0.673. The number of allylic oxidation sites excluding steroid dienone is 2. The Kier molecular flexibility index (Phi) is 11.5. The SMILES string of the molecule is [CH2]CCCCC=CCCCCCC. The molecule has 0 aliphatic carbocycles. The van der Waals surface area contributed by atoms with Crippen LogP contribution in [0.15, 0.2) is 12.2 Å². The zero-order valence-electron chi connectivity index (χ0n) is 9.23. The molecular formula is C13H25. The van der Waals surface area contributed by atoms with Gasteiger partial charge in [-0.25, -0.2) is 0 Å². The number of rotatable bonds is 9. The largest absolute Gasteiger partial charge is 0.0885 e. The summed E-state index contributed by atoms with van der Waals surface area (Å²) in [4.78, 5) is 0. The molecule has 0 aliphatic rings. The molecule has 0 bridgehead atoms. The smallest absolute Gasteiger partial charge is 0.0351 e. The van der Waals surface area contributed by atoms with Crippen molar-refractivity contribution in [2.75, 3.05) is 0 Å². The first-order chi connectivity index (χ1) is 6.41. The Morgan fingerprint density at radius 2 is 1.46 bits per heavy atom. The lowest BCUT2D eigenvalue weighted by atomic mass is 10.1. The van der Waals surface area contributed by atoms with Gasteiger partial charge in [-0.3, -0.25) is 0 Å². The van der Waals surface area contributed by atoms with Gasteiger partial charge in [-0.1, -0.05) is 58.1 Å². The molecule has 0 aliphatic heterocycles. The summed E-state index contributed by atoms with van der Waals surface area (Å²) in [5, 5.41) is 0. The van der Waals surface area contributed by atoms with Gasteiger partial charge in [-0.2, -0.15) is 0 Å². The van der Waals surface area contributed by atoms with Crippen molar-refractivity contribution in [3.8, 4) is 0 Å². The molecule has 0 aromatic carbocycles. The van der Waals surface area contributed by atoms with Gasteiger partial charge in [0.05, 0.1) is 0 Å². The Bertz CT molecular complexity index is 103. The van der Waals surface area contributed by atoms with Crippen molar-refractivity contribution in [3.05, 3.63) is 19.1 Å². The summed E-state index contributed by atoms with van der Waals surface area (Å²) in [6.45, 7) is 6.09. The van der Waals surface area contributed by atoms with Crippen molar-refractivity contribution < 1.29 is 0 Å². The normalized spacial score (nSPS) is 11.2. The molecule has 0 saturated carbocycles. The molecule has 0 aromatic heterocycles. The minimum atomic E-state index is 1.09. The molecule has 1 radical (unpaired) electrons. The average Bonchev–Trinajstić information content (AvgIpc) is 2.16. The van der Waals surface area contributed by atoms with E-state index in [-0.39, 0.29) is 0 Å². The van der Waals surface area contributed by atoms with E-state index in [0.29, 0.717) is 0 Å². The predicted octanol–water partition coefficient (Wildman–Crippen LogP) is 4.91. The predicted molar refractivity (Wildman–Crippen MR) is 61.7 cm³/mol. The van der Waals surface area contributed by atoms with Crippen LogP contribution in [0.3, 0.4) is 0 Å². The van der Waals surface area contributed by atoms with Gasteiger partial charge < -0.3 is 0 Å². The van der Waals surface area contributed by atoms with Crippen LogP contribution < -0.4 is 0 Å². The highest BCUT2D eigenvalue weighted by Gasteiger charge is 1.84. The van der Waals surface area contributed by atoms with Crippen LogP contribution in [0.2, 0.25) is 0 Å². The van der Waals surface area contributed by atoms with E-state index in [2.05, 4.69) is 26.0 Å². The molecule has 0 amide bonds. The summed E-state index contributed by atoms with van der Waals surface area (Å²) in [7, 11) is 0. The molecule has 0 nitrogen and oxygen atoms in total. The molecule has 0 spiro atoms. The molecule has 0 atom stereocenters. The van der Waals surface area contributed by atoms with Crippen LogP contribution in [-0.4, -0.2) is 0 Å².